The molecule has 0 aliphatic carbocycles. The normalized spacial score (nSPS) is 11.5. The molecule has 60 valence electrons. The molecule has 0 unspecified atom stereocenters. The van der Waals surface area contributed by atoms with E-state index in [2.05, 4.69) is 14.8 Å². The third-order valence-electron chi connectivity index (χ3n) is 0.567. The summed E-state index contributed by atoms with van der Waals surface area (Å²) in [7, 11) is 0. The van der Waals surface area contributed by atoms with E-state index in [9.17, 15) is 18.4 Å². The molecule has 0 radical (unpaired) electrons. The Kier molecular flexibility index (Phi) is 3.06. The third kappa shape index (κ3) is 1.35. The number of hydrogen-bond acceptors (Lipinski definition) is 4. The van der Waals surface area contributed by atoms with Crippen molar-refractivity contribution in [1.82, 2.24) is 0 Å². The minimum Gasteiger partial charge on any atom is -0.475 e. The first-order valence-corrected chi connectivity index (χ1v) is 1.75. The van der Waals surface area contributed by atoms with Gasteiger partial charge in [-0.3, -0.25) is 0 Å². The molecule has 0 saturated carbocycles. The van der Waals surface area contributed by atoms with E-state index in [-0.39, 0.29) is 0 Å². The van der Waals surface area contributed by atoms with Gasteiger partial charge < -0.3 is 5.11 Å². The van der Waals surface area contributed by atoms with Crippen molar-refractivity contribution < 1.29 is 38.3 Å². The van der Waals surface area contributed by atoms with Gasteiger partial charge in [-0.05, 0) is 13.6 Å². The minimum absolute atomic E-state index is 2.20. The Labute approximate surface area is 51.6 Å². The number of rotatable bonds is 4. The fraction of sp³-hybridized carbons (Fsp3) is 0.500. The molecule has 0 fully saturated rings. The fourth-order valence-corrected chi connectivity index (χ4v) is 0.135. The molecule has 8 heteroatoms. The molecule has 0 spiro atoms. The van der Waals surface area contributed by atoms with Crippen LogP contribution in [0.15, 0.2) is 0 Å². The molecular formula is C2HF3O5. The van der Waals surface area contributed by atoms with Gasteiger partial charge in [0, 0.05) is 0 Å². The van der Waals surface area contributed by atoms with Crippen molar-refractivity contribution in [2.24, 2.45) is 0 Å². The quantitative estimate of drug-likeness (QED) is 0.607. The molecule has 0 heterocycles. The molecule has 0 aliphatic rings. The monoisotopic (exact) mass is 162 g/mol. The molecular weight excluding hydrogens is 161 g/mol. The smallest absolute Gasteiger partial charge is 0.475 e. The maximum atomic E-state index is 11.0. The average Bonchev–Trinajstić information content (AvgIpc) is 1.92. The van der Waals surface area contributed by atoms with E-state index in [0.717, 1.165) is 0 Å². The van der Waals surface area contributed by atoms with E-state index in [1.807, 2.05) is 0 Å². The molecule has 0 atom stereocenters. The van der Waals surface area contributed by atoms with Gasteiger partial charge in [-0.2, -0.15) is 0 Å². The van der Waals surface area contributed by atoms with Crippen LogP contribution in [-0.4, -0.2) is 17.0 Å². The van der Waals surface area contributed by atoms with Gasteiger partial charge in [-0.1, -0.05) is 0 Å². The number of carboxylic acids is 1. The molecule has 0 saturated heterocycles. The van der Waals surface area contributed by atoms with E-state index in [0.29, 0.717) is 0 Å². The lowest BCUT2D eigenvalue weighted by molar-refractivity contribution is -0.526. The predicted molar refractivity (Wildman–Crippen MR) is 16.9 cm³/mol. The zero-order valence-electron chi connectivity index (χ0n) is 4.21. The van der Waals surface area contributed by atoms with Gasteiger partial charge in [0.25, 0.3) is 0 Å². The zero-order valence-corrected chi connectivity index (χ0v) is 4.21. The molecule has 0 aromatic rings. The zero-order chi connectivity index (χ0) is 8.20. The van der Waals surface area contributed by atoms with Crippen LogP contribution in [0.4, 0.5) is 13.6 Å². The fourth-order valence-electron chi connectivity index (χ4n) is 0.135. The molecule has 0 aromatic heterocycles. The Morgan fingerprint density at radius 3 is 1.50 bits per heavy atom. The lowest BCUT2D eigenvalue weighted by atomic mass is 10.6. The van der Waals surface area contributed by atoms with E-state index in [4.69, 9.17) is 5.11 Å². The summed E-state index contributed by atoms with van der Waals surface area (Å²) in [4.78, 5) is 16.2. The highest BCUT2D eigenvalue weighted by molar-refractivity contribution is 5.73. The first-order chi connectivity index (χ1) is 4.63. The number of aliphatic carboxylic acids is 1. The average molecular weight is 162 g/mol. The van der Waals surface area contributed by atoms with Crippen LogP contribution >= 0.6 is 0 Å². The van der Waals surface area contributed by atoms with Gasteiger partial charge in [0.05, 0.1) is 0 Å². The maximum Gasteiger partial charge on any atom is 0.477 e. The van der Waals surface area contributed by atoms with Gasteiger partial charge in [0.1, 0.15) is 0 Å². The summed E-state index contributed by atoms with van der Waals surface area (Å²) in [6.45, 7) is 0. The molecule has 0 aromatic carbocycles. The van der Waals surface area contributed by atoms with Gasteiger partial charge in [0.15, 0.2) is 0 Å². The highest BCUT2D eigenvalue weighted by Crippen LogP contribution is 2.17. The Bertz CT molecular complexity index is 114. The standard InChI is InChI=1S/C2HF3O5/c3-8-2(9-4,10-5)1(6)7/h(H,6,7). The van der Waals surface area contributed by atoms with Gasteiger partial charge in [-0.15, -0.1) is 14.8 Å². The second kappa shape index (κ2) is 3.34. The van der Waals surface area contributed by atoms with Crippen LogP contribution in [0.25, 0.3) is 0 Å². The van der Waals surface area contributed by atoms with E-state index in [1.54, 1.807) is 0 Å². The first-order valence-electron chi connectivity index (χ1n) is 1.75. The lowest BCUT2D eigenvalue weighted by Gasteiger charge is -2.11. The molecule has 0 bridgehead atoms. The summed E-state index contributed by atoms with van der Waals surface area (Å²) in [6, 6.07) is 0. The number of carbonyl (C=O) groups is 1. The van der Waals surface area contributed by atoms with Crippen molar-refractivity contribution in [3.63, 3.8) is 0 Å². The Morgan fingerprint density at radius 1 is 1.20 bits per heavy atom. The molecule has 0 aliphatic heterocycles. The van der Waals surface area contributed by atoms with Gasteiger partial charge in [0.2, 0.25) is 0 Å². The summed E-state index contributed by atoms with van der Waals surface area (Å²) in [5.74, 6) is -6.40. The van der Waals surface area contributed by atoms with Crippen molar-refractivity contribution in [3.8, 4) is 0 Å². The van der Waals surface area contributed by atoms with Crippen LogP contribution in [0.3, 0.4) is 0 Å². The molecule has 0 rings (SSSR count). The SMILES string of the molecule is O=C(O)C(OF)(OF)OF. The summed E-state index contributed by atoms with van der Waals surface area (Å²) in [5, 5.41) is 7.73. The van der Waals surface area contributed by atoms with Crippen molar-refractivity contribution in [3.05, 3.63) is 0 Å². The third-order valence-corrected chi connectivity index (χ3v) is 0.567. The van der Waals surface area contributed by atoms with Crippen molar-refractivity contribution in [2.75, 3.05) is 0 Å². The number of hydrogen-bond donors (Lipinski definition) is 1. The van der Waals surface area contributed by atoms with Crippen LogP contribution in [0, 0.1) is 0 Å². The van der Waals surface area contributed by atoms with Crippen molar-refractivity contribution in [2.45, 2.75) is 5.97 Å². The number of halogens is 3. The summed E-state index contributed by atoms with van der Waals surface area (Å²) in [5.41, 5.74) is 0. The molecule has 5 nitrogen and oxygen atoms in total. The summed E-state index contributed by atoms with van der Waals surface area (Å²) >= 11 is 0. The lowest BCUT2D eigenvalue weighted by Crippen LogP contribution is -2.41. The Balaban J connectivity index is 4.31. The molecule has 1 N–H and O–H groups in total. The van der Waals surface area contributed by atoms with Crippen LogP contribution in [0.2, 0.25) is 0 Å². The van der Waals surface area contributed by atoms with E-state index < -0.39 is 11.9 Å². The maximum absolute atomic E-state index is 11.0. The topological polar surface area (TPSA) is 65.0 Å². The van der Waals surface area contributed by atoms with Gasteiger partial charge in [-0.25, -0.2) is 4.79 Å². The highest BCUT2D eigenvalue weighted by Gasteiger charge is 2.49. The van der Waals surface area contributed by atoms with Crippen LogP contribution in [-0.2, 0) is 19.6 Å². The van der Waals surface area contributed by atoms with Gasteiger partial charge >= 0.3 is 11.9 Å². The predicted octanol–water partition coefficient (Wildman–Crippen LogP) is 0.428. The van der Waals surface area contributed by atoms with Crippen LogP contribution < -0.4 is 0 Å². The second-order valence-corrected chi connectivity index (χ2v) is 1.09. The van der Waals surface area contributed by atoms with E-state index >= 15 is 0 Å². The first kappa shape index (κ1) is 9.14. The van der Waals surface area contributed by atoms with Crippen LogP contribution in [0.5, 0.6) is 0 Å². The largest absolute Gasteiger partial charge is 0.477 e. The number of carboxylic acid groups (broad SMARTS) is 1. The highest BCUT2D eigenvalue weighted by atomic mass is 19.3. The van der Waals surface area contributed by atoms with Crippen molar-refractivity contribution in [1.29, 1.82) is 0 Å². The van der Waals surface area contributed by atoms with Crippen molar-refractivity contribution >= 4 is 5.97 Å². The second-order valence-electron chi connectivity index (χ2n) is 1.09. The van der Waals surface area contributed by atoms with Crippen LogP contribution in [0.1, 0.15) is 0 Å². The molecule has 10 heavy (non-hydrogen) atoms. The summed E-state index contributed by atoms with van der Waals surface area (Å²) in [6.07, 6.45) is 0. The summed E-state index contributed by atoms with van der Waals surface area (Å²) < 4.78 is 32.9. The molecule has 0 amide bonds. The Morgan fingerprint density at radius 2 is 1.50 bits per heavy atom. The Hall–Kier alpha value is -0.860. The minimum atomic E-state index is -3.96. The van der Waals surface area contributed by atoms with E-state index in [1.165, 1.54) is 0 Å².